The number of thioether (sulfide) groups is 4. The van der Waals surface area contributed by atoms with Crippen molar-refractivity contribution >= 4 is 122 Å². The Kier molecular flexibility index (Phi) is 34.5. The zero-order valence-corrected chi connectivity index (χ0v) is 58.8. The summed E-state index contributed by atoms with van der Waals surface area (Å²) in [6, 6.07) is 41.8. The van der Waals surface area contributed by atoms with Gasteiger partial charge in [-0.25, -0.2) is 14.4 Å². The van der Waals surface area contributed by atoms with Gasteiger partial charge in [-0.05, 0) is 168 Å². The van der Waals surface area contributed by atoms with Gasteiger partial charge in [0, 0.05) is 116 Å². The van der Waals surface area contributed by atoms with E-state index in [1.807, 2.05) is 69.9 Å². The standard InChI is InChI=1S/C28H32N6S2.C10H15N3O2S.C10H17N3S.C8H8O2.C6H5FN2O2.C4H11NS/c1-33(2)13-15-35-21-9-11-23-25(17-21)31-27(29-23)19-5-7-20(8-6-19)28-30-24-12-10-22(18-26(24)32-28)36-16-14-34(3)4;1-12(2)5-6-16-8-3-4-10(13(14)15)9(11)7-8;1-13(2)5-6-14-8-3-4-9(11)10(12)7-8;1-10-8-4-2-7(6-9)3-5-8;7-4-1-2-6(9(10)11)5(8)3-4;1-5(2)3-4-6/h5-12,17-18H,13-16H2,1-4H3,(H,29,31)(H,30,32);3-4,7H,5-6,11H2,1-2H3;3-4,7H,5-6,11-12H2,1-2H3;2-6H,1H3;1-3H,8H2;6H,3-4H2,1-2H3. The molecular formula is C66H88FN15O6S5. The summed E-state index contributed by atoms with van der Waals surface area (Å²) in [4.78, 5) is 61.8. The number of halogens is 1. The largest absolute Gasteiger partial charge is 0.497 e. The highest BCUT2D eigenvalue weighted by Crippen LogP contribution is 2.31. The number of aromatic amines is 2. The number of aldehydes is 1. The lowest BCUT2D eigenvalue weighted by Crippen LogP contribution is -2.14. The molecule has 7 aromatic carbocycles. The van der Waals surface area contributed by atoms with Crippen LogP contribution in [0.4, 0.5) is 38.5 Å². The first-order valence-electron chi connectivity index (χ1n) is 29.2. The van der Waals surface area contributed by atoms with Crippen LogP contribution in [0.1, 0.15) is 10.4 Å². The third-order valence-electron chi connectivity index (χ3n) is 12.8. The number of benzene rings is 7. The zero-order chi connectivity index (χ0) is 68.6. The maximum atomic E-state index is 12.3. The number of nitrogen functional groups attached to an aromatic ring is 4. The summed E-state index contributed by atoms with van der Waals surface area (Å²) in [6.07, 6.45) is 0.805. The first kappa shape index (κ1) is 77.9. The molecule has 500 valence electrons. The van der Waals surface area contributed by atoms with Gasteiger partial charge in [-0.2, -0.15) is 12.6 Å². The summed E-state index contributed by atoms with van der Waals surface area (Å²) in [5.74, 6) is 7.05. The van der Waals surface area contributed by atoms with Crippen LogP contribution in [0.3, 0.4) is 0 Å². The molecule has 2 heterocycles. The highest BCUT2D eigenvalue weighted by Gasteiger charge is 2.14. The number of methoxy groups -OCH3 is 1. The summed E-state index contributed by atoms with van der Waals surface area (Å²) in [6.45, 7) is 5.22. The number of aromatic nitrogens is 4. The third-order valence-corrected chi connectivity index (χ3v) is 16.9. The van der Waals surface area contributed by atoms with Crippen LogP contribution in [0, 0.1) is 26.0 Å². The Labute approximate surface area is 568 Å². The molecule has 0 fully saturated rings. The van der Waals surface area contributed by atoms with Gasteiger partial charge >= 0.3 is 0 Å². The Morgan fingerprint density at radius 2 is 0.860 bits per heavy atom. The first-order chi connectivity index (χ1) is 44.3. The van der Waals surface area contributed by atoms with Crippen LogP contribution in [0.5, 0.6) is 5.75 Å². The van der Waals surface area contributed by atoms with E-state index in [-0.39, 0.29) is 22.7 Å². The minimum absolute atomic E-state index is 0.0306. The number of nitrogens with zero attached hydrogens (tertiary/aromatic N) is 9. The number of hydrogen-bond donors (Lipinski definition) is 7. The molecule has 2 aromatic heterocycles. The number of hydrogen-bond acceptors (Lipinski definition) is 22. The summed E-state index contributed by atoms with van der Waals surface area (Å²) in [5.41, 5.74) is 30.0. The van der Waals surface area contributed by atoms with Gasteiger partial charge in [-0.3, -0.25) is 25.0 Å². The lowest BCUT2D eigenvalue weighted by atomic mass is 10.1. The molecule has 0 unspecified atom stereocenters. The molecule has 0 spiro atoms. The van der Waals surface area contributed by atoms with Crippen molar-refractivity contribution in [2.75, 3.05) is 162 Å². The van der Waals surface area contributed by atoms with Crippen LogP contribution in [0.2, 0.25) is 0 Å². The number of nitrogens with one attached hydrogen (secondary N) is 2. The number of anilines is 4. The van der Waals surface area contributed by atoms with Crippen molar-refractivity contribution in [3.63, 3.8) is 0 Å². The lowest BCUT2D eigenvalue weighted by molar-refractivity contribution is -0.384. The highest BCUT2D eigenvalue weighted by atomic mass is 32.2. The van der Waals surface area contributed by atoms with E-state index in [1.54, 1.807) is 67.0 Å². The second kappa shape index (κ2) is 41.2. The summed E-state index contributed by atoms with van der Waals surface area (Å²) < 4.78 is 17.2. The van der Waals surface area contributed by atoms with Crippen LogP contribution in [0.15, 0.2) is 159 Å². The van der Waals surface area contributed by atoms with E-state index in [4.69, 9.17) is 37.6 Å². The van der Waals surface area contributed by atoms with Crippen molar-refractivity contribution in [1.29, 1.82) is 0 Å². The van der Waals surface area contributed by atoms with Crippen LogP contribution in [0.25, 0.3) is 44.8 Å². The normalized spacial score (nSPS) is 10.8. The molecule has 21 nitrogen and oxygen atoms in total. The SMILES string of the molecule is CN(C)CCS.CN(C)CCSc1ccc(N)c(N)c1.CN(C)CCSc1ccc([N+](=O)[O-])c(N)c1.CN(C)CCSc1ccc2nc(-c3ccc(-c4nc5ccc(SCCN(C)C)cc5[nH]4)cc3)[nH]c2c1.COc1ccc(C=O)cc1.Nc1cc(F)ccc1[N+](=O)[O-]. The van der Waals surface area contributed by atoms with Gasteiger partial charge in [0.25, 0.3) is 11.4 Å². The van der Waals surface area contributed by atoms with E-state index < -0.39 is 15.7 Å². The zero-order valence-electron chi connectivity index (χ0n) is 54.7. The van der Waals surface area contributed by atoms with E-state index in [0.717, 1.165) is 141 Å². The van der Waals surface area contributed by atoms with Gasteiger partial charge in [0.15, 0.2) is 0 Å². The average Bonchev–Trinajstić information content (AvgIpc) is 1.70. The highest BCUT2D eigenvalue weighted by molar-refractivity contribution is 8.00. The minimum atomic E-state index is -0.658. The smallest absolute Gasteiger partial charge is 0.292 e. The van der Waals surface area contributed by atoms with E-state index in [2.05, 4.69) is 150 Å². The monoisotopic (exact) mass is 1370 g/mol. The maximum absolute atomic E-state index is 12.3. The Hall–Kier alpha value is -7.57. The van der Waals surface area contributed by atoms with Gasteiger partial charge in [-0.1, -0.05) is 24.3 Å². The number of carbonyl (C=O) groups excluding carboxylic acids is 1. The molecule has 0 radical (unpaired) electrons. The molecule has 0 amide bonds. The predicted octanol–water partition coefficient (Wildman–Crippen LogP) is 12.7. The average molecular weight is 1370 g/mol. The number of thiol groups is 1. The minimum Gasteiger partial charge on any atom is -0.497 e. The fourth-order valence-electron chi connectivity index (χ4n) is 7.61. The Morgan fingerprint density at radius 3 is 1.19 bits per heavy atom. The van der Waals surface area contributed by atoms with Gasteiger partial charge < -0.3 is 62.1 Å². The molecule has 27 heteroatoms. The van der Waals surface area contributed by atoms with Gasteiger partial charge in [0.1, 0.15) is 40.9 Å². The van der Waals surface area contributed by atoms with Crippen LogP contribution in [-0.4, -0.2) is 200 Å². The topological polar surface area (TPSA) is 290 Å². The number of nitro groups is 2. The van der Waals surface area contributed by atoms with Crippen LogP contribution in [-0.2, 0) is 0 Å². The molecule has 0 saturated heterocycles. The number of nitro benzene ring substituents is 2. The molecule has 0 atom stereocenters. The molecule has 0 bridgehead atoms. The predicted molar refractivity (Wildman–Crippen MR) is 395 cm³/mol. The van der Waals surface area contributed by atoms with E-state index in [1.165, 1.54) is 20.8 Å². The molecule has 9 aromatic rings. The number of ether oxygens (including phenoxy) is 1. The van der Waals surface area contributed by atoms with Crippen LogP contribution >= 0.6 is 59.7 Å². The maximum Gasteiger partial charge on any atom is 0.292 e. The van der Waals surface area contributed by atoms with Gasteiger partial charge in [-0.15, -0.1) is 47.0 Å². The van der Waals surface area contributed by atoms with Crippen LogP contribution < -0.4 is 27.7 Å². The third kappa shape index (κ3) is 29.1. The number of rotatable bonds is 24. The fraction of sp³-hybridized carbons (Fsp3) is 0.318. The summed E-state index contributed by atoms with van der Waals surface area (Å²) >= 11 is 11.2. The molecule has 10 N–H and O–H groups in total. The van der Waals surface area contributed by atoms with Gasteiger partial charge in [0.2, 0.25) is 0 Å². The summed E-state index contributed by atoms with van der Waals surface area (Å²) in [7, 11) is 22.2. The molecule has 9 rings (SSSR count). The quantitative estimate of drug-likeness (QED) is 0.00739. The lowest BCUT2D eigenvalue weighted by Gasteiger charge is -2.09. The Balaban J connectivity index is 0.000000269. The Morgan fingerprint density at radius 1 is 0.495 bits per heavy atom. The van der Waals surface area contributed by atoms with Gasteiger partial charge in [0.05, 0.1) is 50.4 Å². The van der Waals surface area contributed by atoms with Crippen molar-refractivity contribution < 1.29 is 23.8 Å². The molecular weight excluding hydrogens is 1280 g/mol. The second-order valence-corrected chi connectivity index (χ2v) is 27.0. The number of carbonyl (C=O) groups is 1. The van der Waals surface area contributed by atoms with Crippen molar-refractivity contribution in [2.24, 2.45) is 0 Å². The van der Waals surface area contributed by atoms with E-state index >= 15 is 0 Å². The molecule has 93 heavy (non-hydrogen) atoms. The Bertz CT molecular complexity index is 3620. The van der Waals surface area contributed by atoms with E-state index in [0.29, 0.717) is 16.9 Å². The van der Waals surface area contributed by atoms with Crippen molar-refractivity contribution in [3.05, 3.63) is 171 Å². The molecule has 0 aliphatic carbocycles. The number of H-pyrrole nitrogens is 2. The first-order valence-corrected chi connectivity index (χ1v) is 33.8. The van der Waals surface area contributed by atoms with E-state index in [9.17, 15) is 29.4 Å². The van der Waals surface area contributed by atoms with Crippen molar-refractivity contribution in [2.45, 2.75) is 19.6 Å². The van der Waals surface area contributed by atoms with Crippen molar-refractivity contribution in [3.8, 4) is 28.5 Å². The molecule has 0 aliphatic rings. The molecule has 0 aliphatic heterocycles. The number of nitrogens with two attached hydrogens (primary N) is 4. The second-order valence-electron chi connectivity index (χ2n) is 21.9. The fourth-order valence-corrected chi connectivity index (χ4v) is 12.3. The summed E-state index contributed by atoms with van der Waals surface area (Å²) in [5, 5.41) is 20.7. The molecule has 0 saturated carbocycles. The number of fused-ring (bicyclic) bond motifs is 2. The number of imidazole rings is 2. The van der Waals surface area contributed by atoms with Crippen molar-refractivity contribution in [1.82, 2.24) is 44.4 Å².